The maximum Gasteiger partial charge on any atom is 0.240 e. The Morgan fingerprint density at radius 1 is 0.971 bits per heavy atom. The first-order chi connectivity index (χ1) is 16.7. The minimum Gasteiger partial charge on any atom is -0.497 e. The van der Waals surface area contributed by atoms with E-state index in [-0.39, 0.29) is 17.9 Å². The number of carbonyl (C=O) groups is 1. The Kier molecular flexibility index (Phi) is 6.55. The summed E-state index contributed by atoms with van der Waals surface area (Å²) in [6.45, 7) is 0.214. The van der Waals surface area contributed by atoms with E-state index in [0.717, 1.165) is 35.3 Å². The Hall–Kier alpha value is -2.54. The van der Waals surface area contributed by atoms with Crippen LogP contribution in [0.2, 0.25) is 0 Å². The molecule has 6 rings (SSSR count). The van der Waals surface area contributed by atoms with E-state index < -0.39 is 10.0 Å². The van der Waals surface area contributed by atoms with Gasteiger partial charge in [-0.05, 0) is 104 Å². The third kappa shape index (κ3) is 5.20. The molecule has 0 aliphatic heterocycles. The Morgan fingerprint density at radius 3 is 2.06 bits per heavy atom. The van der Waals surface area contributed by atoms with E-state index in [1.807, 2.05) is 36.4 Å². The average molecular weight is 497 g/mol. The van der Waals surface area contributed by atoms with Crippen molar-refractivity contribution in [3.8, 4) is 5.75 Å². The predicted octanol–water partition coefficient (Wildman–Crippen LogP) is 4.29. The zero-order chi connectivity index (χ0) is 24.6. The molecule has 1 amide bonds. The molecule has 0 unspecified atom stereocenters. The van der Waals surface area contributed by atoms with Crippen molar-refractivity contribution in [3.05, 3.63) is 59.7 Å². The first kappa shape index (κ1) is 24.2. The molecule has 7 heteroatoms. The topological polar surface area (TPSA) is 75.7 Å². The molecule has 0 spiro atoms. The quantitative estimate of drug-likeness (QED) is 0.562. The lowest BCUT2D eigenvalue weighted by Gasteiger charge is -2.57. The standard InChI is InChI=1S/C28H36N2O4S/c1-34-26-9-3-20(4-10-26)11-12-29-27(31)19-30(35(2,32)33)25-7-5-24(6-8-25)28-16-21-13-22(17-28)15-23(14-21)18-28/h3-10,21-23H,11-19H2,1-2H3,(H,29,31). The second-order valence-electron chi connectivity index (χ2n) is 11.0. The smallest absolute Gasteiger partial charge is 0.240 e. The van der Waals surface area contributed by atoms with Gasteiger partial charge in [0.05, 0.1) is 19.1 Å². The first-order valence-corrected chi connectivity index (χ1v) is 14.6. The van der Waals surface area contributed by atoms with Gasteiger partial charge in [0, 0.05) is 6.54 Å². The normalized spacial score (nSPS) is 27.0. The third-order valence-corrected chi connectivity index (χ3v) is 9.53. The van der Waals surface area contributed by atoms with Crippen LogP contribution in [0.3, 0.4) is 0 Å². The summed E-state index contributed by atoms with van der Waals surface area (Å²) >= 11 is 0. The molecule has 188 valence electrons. The largest absolute Gasteiger partial charge is 0.497 e. The van der Waals surface area contributed by atoms with Gasteiger partial charge in [-0.2, -0.15) is 0 Å². The molecule has 0 saturated heterocycles. The van der Waals surface area contributed by atoms with Crippen molar-refractivity contribution < 1.29 is 17.9 Å². The fourth-order valence-corrected chi connectivity index (χ4v) is 8.03. The van der Waals surface area contributed by atoms with Gasteiger partial charge in [0.25, 0.3) is 0 Å². The molecule has 4 bridgehead atoms. The second-order valence-corrected chi connectivity index (χ2v) is 12.9. The highest BCUT2D eigenvalue weighted by atomic mass is 32.2. The summed E-state index contributed by atoms with van der Waals surface area (Å²) in [5.41, 5.74) is 3.23. The minimum atomic E-state index is -3.60. The summed E-state index contributed by atoms with van der Waals surface area (Å²) < 4.78 is 31.5. The van der Waals surface area contributed by atoms with E-state index in [9.17, 15) is 13.2 Å². The number of sulfonamides is 1. The van der Waals surface area contributed by atoms with Gasteiger partial charge in [0.2, 0.25) is 15.9 Å². The minimum absolute atomic E-state index is 0.224. The molecule has 2 aromatic carbocycles. The van der Waals surface area contributed by atoms with Gasteiger partial charge in [-0.15, -0.1) is 0 Å². The molecule has 4 aliphatic carbocycles. The van der Waals surface area contributed by atoms with E-state index in [0.29, 0.717) is 18.7 Å². The molecular weight excluding hydrogens is 460 g/mol. The first-order valence-electron chi connectivity index (χ1n) is 12.7. The van der Waals surface area contributed by atoms with Gasteiger partial charge in [0.15, 0.2) is 0 Å². The molecule has 4 aliphatic rings. The number of nitrogens with one attached hydrogen (secondary N) is 1. The highest BCUT2D eigenvalue weighted by Gasteiger charge is 2.51. The number of nitrogens with zero attached hydrogens (tertiary/aromatic N) is 1. The van der Waals surface area contributed by atoms with Gasteiger partial charge >= 0.3 is 0 Å². The Balaban J connectivity index is 1.23. The van der Waals surface area contributed by atoms with Crippen molar-refractivity contribution in [1.29, 1.82) is 0 Å². The van der Waals surface area contributed by atoms with E-state index in [1.54, 1.807) is 7.11 Å². The van der Waals surface area contributed by atoms with Crippen LogP contribution < -0.4 is 14.4 Å². The van der Waals surface area contributed by atoms with Crippen LogP contribution in [0, 0.1) is 17.8 Å². The highest BCUT2D eigenvalue weighted by molar-refractivity contribution is 7.92. The summed E-state index contributed by atoms with van der Waals surface area (Å²) in [5, 5.41) is 2.86. The molecule has 35 heavy (non-hydrogen) atoms. The van der Waals surface area contributed by atoms with Gasteiger partial charge in [0.1, 0.15) is 12.3 Å². The fraction of sp³-hybridized carbons (Fsp3) is 0.536. The SMILES string of the molecule is COc1ccc(CCNC(=O)CN(c2ccc(C34CC5CC(CC(C5)C3)C4)cc2)S(C)(=O)=O)cc1. The lowest BCUT2D eigenvalue weighted by atomic mass is 9.48. The maximum atomic E-state index is 12.6. The summed E-state index contributed by atoms with van der Waals surface area (Å²) in [5.74, 6) is 3.05. The number of amides is 1. The van der Waals surface area contributed by atoms with Gasteiger partial charge < -0.3 is 10.1 Å². The van der Waals surface area contributed by atoms with E-state index in [4.69, 9.17) is 4.74 Å². The number of rotatable bonds is 9. The number of ether oxygens (including phenoxy) is 1. The molecular formula is C28H36N2O4S. The number of hydrogen-bond donors (Lipinski definition) is 1. The molecule has 0 radical (unpaired) electrons. The predicted molar refractivity (Wildman–Crippen MR) is 138 cm³/mol. The summed E-state index contributed by atoms with van der Waals surface area (Å²) in [6.07, 6.45) is 9.81. The molecule has 0 heterocycles. The molecule has 1 N–H and O–H groups in total. The van der Waals surface area contributed by atoms with E-state index in [1.165, 1.54) is 48.4 Å². The fourth-order valence-electron chi connectivity index (χ4n) is 7.17. The number of anilines is 1. The summed E-state index contributed by atoms with van der Waals surface area (Å²) in [6, 6.07) is 15.7. The second kappa shape index (κ2) is 9.49. The van der Waals surface area contributed by atoms with Crippen molar-refractivity contribution in [3.63, 3.8) is 0 Å². The third-order valence-electron chi connectivity index (χ3n) is 8.39. The van der Waals surface area contributed by atoms with Crippen molar-refractivity contribution >= 4 is 21.6 Å². The van der Waals surface area contributed by atoms with Gasteiger partial charge in [-0.1, -0.05) is 24.3 Å². The van der Waals surface area contributed by atoms with Crippen LogP contribution in [0.5, 0.6) is 5.75 Å². The molecule has 0 aromatic heterocycles. The van der Waals surface area contributed by atoms with Crippen LogP contribution in [0.4, 0.5) is 5.69 Å². The highest BCUT2D eigenvalue weighted by Crippen LogP contribution is 2.60. The summed E-state index contributed by atoms with van der Waals surface area (Å²) in [4.78, 5) is 12.6. The number of benzene rings is 2. The zero-order valence-electron chi connectivity index (χ0n) is 20.7. The van der Waals surface area contributed by atoms with Crippen LogP contribution in [0.15, 0.2) is 48.5 Å². The molecule has 0 atom stereocenters. The van der Waals surface area contributed by atoms with Crippen LogP contribution >= 0.6 is 0 Å². The Labute approximate surface area is 209 Å². The molecule has 4 fully saturated rings. The Bertz CT molecular complexity index is 1120. The Morgan fingerprint density at radius 2 is 1.54 bits per heavy atom. The number of carbonyl (C=O) groups excluding carboxylic acids is 1. The number of hydrogen-bond acceptors (Lipinski definition) is 4. The maximum absolute atomic E-state index is 12.6. The van der Waals surface area contributed by atoms with Crippen molar-refractivity contribution in [2.75, 3.05) is 30.8 Å². The van der Waals surface area contributed by atoms with Crippen LogP contribution in [0.1, 0.15) is 49.7 Å². The monoisotopic (exact) mass is 496 g/mol. The van der Waals surface area contributed by atoms with Crippen LogP contribution in [-0.4, -0.2) is 40.8 Å². The van der Waals surface area contributed by atoms with Crippen molar-refractivity contribution in [1.82, 2.24) is 5.32 Å². The van der Waals surface area contributed by atoms with E-state index in [2.05, 4.69) is 17.4 Å². The molecule has 2 aromatic rings. The van der Waals surface area contributed by atoms with Crippen LogP contribution in [0.25, 0.3) is 0 Å². The number of methoxy groups -OCH3 is 1. The van der Waals surface area contributed by atoms with Crippen LogP contribution in [-0.2, 0) is 26.7 Å². The zero-order valence-corrected chi connectivity index (χ0v) is 21.5. The lowest BCUT2D eigenvalue weighted by Crippen LogP contribution is -2.48. The lowest BCUT2D eigenvalue weighted by molar-refractivity contribution is -0.119. The van der Waals surface area contributed by atoms with Crippen molar-refractivity contribution in [2.45, 2.75) is 50.4 Å². The summed E-state index contributed by atoms with van der Waals surface area (Å²) in [7, 11) is -1.97. The average Bonchev–Trinajstić information content (AvgIpc) is 2.81. The van der Waals surface area contributed by atoms with Crippen molar-refractivity contribution in [2.24, 2.45) is 17.8 Å². The molecule has 6 nitrogen and oxygen atoms in total. The van der Waals surface area contributed by atoms with E-state index >= 15 is 0 Å². The van der Waals surface area contributed by atoms with Gasteiger partial charge in [-0.3, -0.25) is 9.10 Å². The van der Waals surface area contributed by atoms with Gasteiger partial charge in [-0.25, -0.2) is 8.42 Å². The molecule has 4 saturated carbocycles.